The molecule has 3 atom stereocenters. The van der Waals surface area contributed by atoms with Crippen LogP contribution in [0.4, 0.5) is 0 Å². The number of carbonyl (C=O) groups is 2. The number of aliphatic hydroxyl groups is 2. The normalized spacial score (nSPS) is 14.6. The second-order valence-corrected chi connectivity index (χ2v) is 16.5. The van der Waals surface area contributed by atoms with Gasteiger partial charge < -0.3 is 24.6 Å². The quantitative estimate of drug-likeness (QED) is 0.0234. The number of rotatable bonds is 42. The van der Waals surface area contributed by atoms with Crippen LogP contribution < -0.4 is 0 Å². The Bertz CT molecular complexity index is 1270. The first kappa shape index (κ1) is 57.1. The van der Waals surface area contributed by atoms with Gasteiger partial charge in [0.15, 0.2) is 6.10 Å². The zero-order valence-electron chi connectivity index (χ0n) is 37.4. The van der Waals surface area contributed by atoms with Gasteiger partial charge in [0, 0.05) is 12.8 Å². The molecular formula is C49H83O10P. The fraction of sp³-hybridized carbons (Fsp3) is 0.673. The minimum atomic E-state index is -4.65. The summed E-state index contributed by atoms with van der Waals surface area (Å²) >= 11 is 0. The number of phosphoric acid groups is 1. The van der Waals surface area contributed by atoms with Crippen LogP contribution in [0, 0.1) is 0 Å². The number of phosphoric ester groups is 1. The Labute approximate surface area is 364 Å². The molecule has 344 valence electrons. The summed E-state index contributed by atoms with van der Waals surface area (Å²) in [6.07, 6.45) is 52.8. The van der Waals surface area contributed by atoms with Crippen molar-refractivity contribution in [3.05, 3.63) is 85.1 Å². The van der Waals surface area contributed by atoms with Crippen molar-refractivity contribution in [1.82, 2.24) is 0 Å². The Balaban J connectivity index is 4.40. The van der Waals surface area contributed by atoms with Crippen LogP contribution in [0.15, 0.2) is 85.1 Å². The molecule has 0 aliphatic carbocycles. The first-order valence-electron chi connectivity index (χ1n) is 23.0. The minimum absolute atomic E-state index is 0.0542. The molecule has 0 aromatic heterocycles. The van der Waals surface area contributed by atoms with E-state index in [0.29, 0.717) is 12.8 Å². The monoisotopic (exact) mass is 863 g/mol. The Morgan fingerprint density at radius 2 is 0.950 bits per heavy atom. The molecule has 0 saturated carbocycles. The second kappa shape index (κ2) is 44.2. The van der Waals surface area contributed by atoms with Crippen molar-refractivity contribution in [2.45, 2.75) is 187 Å². The van der Waals surface area contributed by atoms with Gasteiger partial charge in [-0.1, -0.05) is 170 Å². The van der Waals surface area contributed by atoms with Gasteiger partial charge in [0.05, 0.1) is 19.8 Å². The number of hydrogen-bond donors (Lipinski definition) is 3. The van der Waals surface area contributed by atoms with Crippen molar-refractivity contribution in [2.24, 2.45) is 0 Å². The summed E-state index contributed by atoms with van der Waals surface area (Å²) in [6, 6.07) is 0. The first-order chi connectivity index (χ1) is 29.2. The molecule has 0 spiro atoms. The van der Waals surface area contributed by atoms with Crippen LogP contribution in [0.3, 0.4) is 0 Å². The topological polar surface area (TPSA) is 149 Å². The number of aliphatic hydroxyl groups excluding tert-OH is 2. The highest BCUT2D eigenvalue weighted by Crippen LogP contribution is 2.43. The largest absolute Gasteiger partial charge is 0.472 e. The molecule has 0 rings (SSSR count). The van der Waals surface area contributed by atoms with Crippen molar-refractivity contribution in [1.29, 1.82) is 0 Å². The third-order valence-corrected chi connectivity index (χ3v) is 10.2. The average Bonchev–Trinajstić information content (AvgIpc) is 3.24. The molecule has 0 saturated heterocycles. The highest BCUT2D eigenvalue weighted by atomic mass is 31.2. The fourth-order valence-corrected chi connectivity index (χ4v) is 6.57. The number of esters is 2. The molecule has 0 aliphatic heterocycles. The molecule has 0 fully saturated rings. The van der Waals surface area contributed by atoms with Crippen LogP contribution >= 0.6 is 7.82 Å². The summed E-state index contributed by atoms with van der Waals surface area (Å²) in [5, 5.41) is 18.4. The predicted octanol–water partition coefficient (Wildman–Crippen LogP) is 12.6. The molecule has 60 heavy (non-hydrogen) atoms. The highest BCUT2D eigenvalue weighted by Gasteiger charge is 2.27. The van der Waals surface area contributed by atoms with Gasteiger partial charge >= 0.3 is 19.8 Å². The third-order valence-electron chi connectivity index (χ3n) is 9.30. The van der Waals surface area contributed by atoms with E-state index in [9.17, 15) is 24.2 Å². The van der Waals surface area contributed by atoms with Gasteiger partial charge in [0.2, 0.25) is 0 Å². The van der Waals surface area contributed by atoms with E-state index in [1.54, 1.807) is 0 Å². The van der Waals surface area contributed by atoms with Crippen molar-refractivity contribution in [2.75, 3.05) is 26.4 Å². The Morgan fingerprint density at radius 1 is 0.517 bits per heavy atom. The molecule has 3 N–H and O–H groups in total. The van der Waals surface area contributed by atoms with Crippen LogP contribution in [0.1, 0.15) is 174 Å². The van der Waals surface area contributed by atoms with Crippen LogP contribution in [-0.4, -0.2) is 65.7 Å². The van der Waals surface area contributed by atoms with E-state index in [4.69, 9.17) is 19.1 Å². The smallest absolute Gasteiger partial charge is 0.462 e. The lowest BCUT2D eigenvalue weighted by Gasteiger charge is -2.20. The van der Waals surface area contributed by atoms with E-state index in [2.05, 4.69) is 91.3 Å². The van der Waals surface area contributed by atoms with E-state index >= 15 is 0 Å². The number of ether oxygens (including phenoxy) is 2. The SMILES string of the molecule is CC/C=C\C/C=C\C/C=C\C/C=C\C/C=C\C/C=C\CCC(=O)OC(COC(=O)CCCCCCCCC/C=C\CCCCCCCCC)COP(=O)(O)OCC(O)CO. The maximum atomic E-state index is 12.6. The lowest BCUT2D eigenvalue weighted by atomic mass is 10.1. The van der Waals surface area contributed by atoms with Gasteiger partial charge in [-0.2, -0.15) is 0 Å². The van der Waals surface area contributed by atoms with Gasteiger partial charge in [-0.15, -0.1) is 0 Å². The number of allylic oxidation sites excluding steroid dienone is 14. The molecule has 3 unspecified atom stereocenters. The lowest BCUT2D eigenvalue weighted by Crippen LogP contribution is -2.29. The zero-order chi connectivity index (χ0) is 44.0. The molecule has 0 aromatic carbocycles. The molecule has 0 aliphatic rings. The lowest BCUT2D eigenvalue weighted by molar-refractivity contribution is -0.161. The van der Waals surface area contributed by atoms with E-state index in [0.717, 1.165) is 64.2 Å². The fourth-order valence-electron chi connectivity index (χ4n) is 5.78. The van der Waals surface area contributed by atoms with Crippen molar-refractivity contribution < 1.29 is 47.8 Å². The number of unbranched alkanes of at least 4 members (excludes halogenated alkanes) is 14. The van der Waals surface area contributed by atoms with Gasteiger partial charge in [-0.05, 0) is 77.0 Å². The highest BCUT2D eigenvalue weighted by molar-refractivity contribution is 7.47. The number of carbonyl (C=O) groups excluding carboxylic acids is 2. The number of hydrogen-bond acceptors (Lipinski definition) is 9. The molecule has 0 radical (unpaired) electrons. The molecule has 0 heterocycles. The van der Waals surface area contributed by atoms with E-state index in [1.165, 1.54) is 70.6 Å². The van der Waals surface area contributed by atoms with Crippen LogP contribution in [0.2, 0.25) is 0 Å². The molecule has 11 heteroatoms. The molecule has 0 bridgehead atoms. The summed E-state index contributed by atoms with van der Waals surface area (Å²) in [6.45, 7) is 2.17. The van der Waals surface area contributed by atoms with Crippen LogP contribution in [-0.2, 0) is 32.7 Å². The van der Waals surface area contributed by atoms with E-state index in [1.807, 2.05) is 12.2 Å². The Morgan fingerprint density at radius 3 is 1.45 bits per heavy atom. The van der Waals surface area contributed by atoms with E-state index < -0.39 is 51.8 Å². The van der Waals surface area contributed by atoms with Gasteiger partial charge in [-0.3, -0.25) is 18.6 Å². The van der Waals surface area contributed by atoms with Crippen molar-refractivity contribution >= 4 is 19.8 Å². The molecule has 0 amide bonds. The first-order valence-corrected chi connectivity index (χ1v) is 24.5. The van der Waals surface area contributed by atoms with E-state index in [-0.39, 0.29) is 19.4 Å². The minimum Gasteiger partial charge on any atom is -0.462 e. The van der Waals surface area contributed by atoms with Crippen molar-refractivity contribution in [3.63, 3.8) is 0 Å². The zero-order valence-corrected chi connectivity index (χ0v) is 38.3. The molecule has 10 nitrogen and oxygen atoms in total. The van der Waals surface area contributed by atoms with Gasteiger partial charge in [0.1, 0.15) is 12.7 Å². The second-order valence-electron chi connectivity index (χ2n) is 15.0. The summed E-state index contributed by atoms with van der Waals surface area (Å²) < 4.78 is 32.7. The summed E-state index contributed by atoms with van der Waals surface area (Å²) in [5.41, 5.74) is 0. The average molecular weight is 863 g/mol. The maximum absolute atomic E-state index is 12.6. The predicted molar refractivity (Wildman–Crippen MR) is 246 cm³/mol. The van der Waals surface area contributed by atoms with Crippen LogP contribution in [0.25, 0.3) is 0 Å². The molecule has 0 aromatic rings. The Hall–Kier alpha value is -2.85. The maximum Gasteiger partial charge on any atom is 0.472 e. The molecular weight excluding hydrogens is 780 g/mol. The van der Waals surface area contributed by atoms with Crippen LogP contribution in [0.5, 0.6) is 0 Å². The van der Waals surface area contributed by atoms with Gasteiger partial charge in [-0.25, -0.2) is 4.57 Å². The van der Waals surface area contributed by atoms with Gasteiger partial charge in [0.25, 0.3) is 0 Å². The Kier molecular flexibility index (Phi) is 42.1. The van der Waals surface area contributed by atoms with Crippen molar-refractivity contribution in [3.8, 4) is 0 Å². The summed E-state index contributed by atoms with van der Waals surface area (Å²) in [5.74, 6) is -1.03. The summed E-state index contributed by atoms with van der Waals surface area (Å²) in [7, 11) is -4.65. The summed E-state index contributed by atoms with van der Waals surface area (Å²) in [4.78, 5) is 35.0. The standard InChI is InChI=1S/C49H83O10P/c1-3-5-7-9-11-13-15-17-19-21-23-25-27-29-31-33-35-37-39-41-49(53)59-47(45-58-60(54,55)57-43-46(51)42-50)44-56-48(52)40-38-36-34-32-30-28-26-24-22-20-18-16-14-12-10-8-6-4-2/h5,7,11,13,17,19-20,22-23,25,29,31,35,37,46-47,50-51H,3-4,6,8-10,12,14-16,18,21,24,26-28,30,32-34,36,38-45H2,1-2H3,(H,54,55)/b7-5-,13-11-,19-17-,22-20-,25-23-,31-29-,37-35-. The third kappa shape index (κ3) is 43.2.